The molecule has 1 N–H and O–H groups in total. The van der Waals surface area contributed by atoms with Gasteiger partial charge in [-0.15, -0.1) is 0 Å². The summed E-state index contributed by atoms with van der Waals surface area (Å²) in [5, 5.41) is 3.05. The molecule has 7 heteroatoms. The highest BCUT2D eigenvalue weighted by molar-refractivity contribution is 6.03. The maximum absolute atomic E-state index is 5.87. The zero-order valence-corrected chi connectivity index (χ0v) is 13.0. The van der Waals surface area contributed by atoms with Gasteiger partial charge < -0.3 is 19.0 Å². The summed E-state index contributed by atoms with van der Waals surface area (Å²) in [4.78, 5) is 13.5. The van der Waals surface area contributed by atoms with E-state index in [1.807, 2.05) is 42.9 Å². The molecule has 0 unspecified atom stereocenters. The van der Waals surface area contributed by atoms with Crippen molar-refractivity contribution in [2.24, 2.45) is 7.05 Å². The van der Waals surface area contributed by atoms with Crippen LogP contribution in [0.5, 0.6) is 5.75 Å². The third-order valence-electron chi connectivity index (χ3n) is 3.76. The predicted octanol–water partition coefficient (Wildman–Crippen LogP) is 2.83. The second-order valence-electron chi connectivity index (χ2n) is 5.17. The lowest BCUT2D eigenvalue weighted by molar-refractivity contribution is 0.415. The number of imidazole rings is 1. The lowest BCUT2D eigenvalue weighted by Crippen LogP contribution is -1.95. The van der Waals surface area contributed by atoms with Crippen molar-refractivity contribution in [1.82, 2.24) is 19.5 Å². The van der Waals surface area contributed by atoms with Crippen LogP contribution in [-0.2, 0) is 7.05 Å². The van der Waals surface area contributed by atoms with Crippen molar-refractivity contribution in [2.45, 2.75) is 0 Å². The van der Waals surface area contributed by atoms with Gasteiger partial charge in [-0.25, -0.2) is 9.97 Å². The Labute approximate surface area is 131 Å². The van der Waals surface area contributed by atoms with E-state index in [1.165, 1.54) is 0 Å². The number of pyridine rings is 1. The minimum absolute atomic E-state index is 0.475. The Kier molecular flexibility index (Phi) is 2.94. The molecule has 0 saturated carbocycles. The molecule has 116 valence electrons. The molecule has 0 atom stereocenters. The third kappa shape index (κ3) is 2.01. The molecule has 3 heterocycles. The highest BCUT2D eigenvalue weighted by Gasteiger charge is 2.18. The predicted molar refractivity (Wildman–Crippen MR) is 87.6 cm³/mol. The fraction of sp³-hybridized carbons (Fsp3) is 0.188. The average molecular weight is 309 g/mol. The molecule has 23 heavy (non-hydrogen) atoms. The van der Waals surface area contributed by atoms with E-state index in [4.69, 9.17) is 9.15 Å². The Morgan fingerprint density at radius 3 is 2.87 bits per heavy atom. The van der Waals surface area contributed by atoms with Crippen LogP contribution < -0.4 is 10.1 Å². The van der Waals surface area contributed by atoms with E-state index in [0.717, 1.165) is 22.3 Å². The summed E-state index contributed by atoms with van der Waals surface area (Å²) in [7, 11) is 5.36. The quantitative estimate of drug-likeness (QED) is 0.627. The highest BCUT2D eigenvalue weighted by Crippen LogP contribution is 2.32. The zero-order valence-electron chi connectivity index (χ0n) is 13.0. The van der Waals surface area contributed by atoms with Crippen LogP contribution in [-0.4, -0.2) is 33.7 Å². The average Bonchev–Trinajstić information content (AvgIpc) is 3.17. The maximum Gasteiger partial charge on any atom is 0.251 e. The summed E-state index contributed by atoms with van der Waals surface area (Å²) in [6, 6.07) is 7.58. The number of aromatic nitrogens is 4. The molecule has 0 aliphatic heterocycles. The van der Waals surface area contributed by atoms with E-state index in [1.54, 1.807) is 13.4 Å². The van der Waals surface area contributed by atoms with Crippen molar-refractivity contribution in [3.8, 4) is 17.2 Å². The molecular formula is C16H15N5O2. The molecular weight excluding hydrogens is 294 g/mol. The first kappa shape index (κ1) is 13.6. The van der Waals surface area contributed by atoms with E-state index in [2.05, 4.69) is 20.3 Å². The lowest BCUT2D eigenvalue weighted by atomic mass is 10.2. The summed E-state index contributed by atoms with van der Waals surface area (Å²) in [6.07, 6.45) is 1.74. The Hall–Kier alpha value is -3.09. The second-order valence-corrected chi connectivity index (χ2v) is 5.17. The molecule has 0 spiro atoms. The summed E-state index contributed by atoms with van der Waals surface area (Å²) >= 11 is 0. The van der Waals surface area contributed by atoms with Gasteiger partial charge in [0.1, 0.15) is 16.8 Å². The molecule has 7 nitrogen and oxygen atoms in total. The largest absolute Gasteiger partial charge is 0.497 e. The number of ether oxygens (including phenoxy) is 1. The van der Waals surface area contributed by atoms with Crippen molar-refractivity contribution in [1.29, 1.82) is 0 Å². The van der Waals surface area contributed by atoms with Gasteiger partial charge >= 0.3 is 0 Å². The summed E-state index contributed by atoms with van der Waals surface area (Å²) in [6.45, 7) is 0. The number of hydrogen-bond donors (Lipinski definition) is 1. The van der Waals surface area contributed by atoms with Crippen LogP contribution in [0.3, 0.4) is 0 Å². The molecule has 4 aromatic rings. The number of nitrogens with zero attached hydrogens (tertiary/aromatic N) is 4. The number of benzene rings is 1. The molecule has 0 fully saturated rings. The van der Waals surface area contributed by atoms with Gasteiger partial charge in [0.05, 0.1) is 13.4 Å². The van der Waals surface area contributed by atoms with Crippen molar-refractivity contribution in [3.05, 3.63) is 30.6 Å². The van der Waals surface area contributed by atoms with E-state index < -0.39 is 0 Å². The Bertz CT molecular complexity index is 1020. The number of oxazole rings is 1. The summed E-state index contributed by atoms with van der Waals surface area (Å²) < 4.78 is 13.0. The number of hydrogen-bond acceptors (Lipinski definition) is 6. The van der Waals surface area contributed by atoms with Crippen molar-refractivity contribution in [2.75, 3.05) is 19.5 Å². The molecule has 1 aromatic carbocycles. The summed E-state index contributed by atoms with van der Waals surface area (Å²) in [5.74, 6) is 1.92. The van der Waals surface area contributed by atoms with Crippen LogP contribution in [0.15, 0.2) is 35.0 Å². The first-order valence-electron chi connectivity index (χ1n) is 7.15. The van der Waals surface area contributed by atoms with Crippen LogP contribution in [0.2, 0.25) is 0 Å². The summed E-state index contributed by atoms with van der Waals surface area (Å²) in [5.41, 5.74) is 3.66. The first-order valence-corrected chi connectivity index (χ1v) is 7.15. The van der Waals surface area contributed by atoms with E-state index in [-0.39, 0.29) is 0 Å². The number of fused-ring (bicyclic) bond motifs is 3. The van der Waals surface area contributed by atoms with E-state index >= 15 is 0 Å². The lowest BCUT2D eigenvalue weighted by Gasteiger charge is -2.00. The van der Waals surface area contributed by atoms with Crippen LogP contribution in [0, 0.1) is 0 Å². The number of methoxy groups -OCH3 is 1. The van der Waals surface area contributed by atoms with Crippen molar-refractivity contribution < 1.29 is 9.15 Å². The fourth-order valence-electron chi connectivity index (χ4n) is 2.63. The topological polar surface area (TPSA) is 78.0 Å². The molecule has 0 radical (unpaired) electrons. The monoisotopic (exact) mass is 309 g/mol. The van der Waals surface area contributed by atoms with Crippen LogP contribution in [0.4, 0.5) is 5.82 Å². The van der Waals surface area contributed by atoms with Crippen molar-refractivity contribution in [3.63, 3.8) is 0 Å². The van der Waals surface area contributed by atoms with Gasteiger partial charge in [0.15, 0.2) is 11.3 Å². The van der Waals surface area contributed by atoms with Gasteiger partial charge in [-0.05, 0) is 18.2 Å². The van der Waals surface area contributed by atoms with E-state index in [0.29, 0.717) is 22.9 Å². The second kappa shape index (κ2) is 4.98. The number of rotatable bonds is 3. The molecule has 0 aliphatic carbocycles. The Morgan fingerprint density at radius 2 is 2.09 bits per heavy atom. The van der Waals surface area contributed by atoms with Crippen LogP contribution in [0.1, 0.15) is 0 Å². The highest BCUT2D eigenvalue weighted by atomic mass is 16.5. The fourth-order valence-corrected chi connectivity index (χ4v) is 2.63. The number of nitrogens with one attached hydrogen (secondary N) is 1. The van der Waals surface area contributed by atoms with Gasteiger partial charge in [0.2, 0.25) is 5.89 Å². The SMILES string of the molecule is CNc1nc2oc(-c3cccc(OC)c3)nc2c2c1ncn2C. The van der Waals surface area contributed by atoms with Gasteiger partial charge in [-0.3, -0.25) is 0 Å². The third-order valence-corrected chi connectivity index (χ3v) is 3.76. The van der Waals surface area contributed by atoms with Crippen LogP contribution >= 0.6 is 0 Å². The van der Waals surface area contributed by atoms with Gasteiger partial charge in [0.25, 0.3) is 5.71 Å². The van der Waals surface area contributed by atoms with E-state index in [9.17, 15) is 0 Å². The van der Waals surface area contributed by atoms with Gasteiger partial charge in [-0.1, -0.05) is 6.07 Å². The number of anilines is 1. The molecule has 3 aromatic heterocycles. The molecule has 0 saturated heterocycles. The maximum atomic E-state index is 5.87. The minimum Gasteiger partial charge on any atom is -0.497 e. The normalized spacial score (nSPS) is 11.3. The first-order chi connectivity index (χ1) is 11.2. The van der Waals surface area contributed by atoms with Gasteiger partial charge in [-0.2, -0.15) is 4.98 Å². The minimum atomic E-state index is 0.475. The van der Waals surface area contributed by atoms with Gasteiger partial charge in [0, 0.05) is 19.7 Å². The molecule has 4 rings (SSSR count). The van der Waals surface area contributed by atoms with Crippen LogP contribution in [0.25, 0.3) is 33.7 Å². The molecule has 0 bridgehead atoms. The number of aryl methyl sites for hydroxylation is 1. The Balaban J connectivity index is 2.00. The van der Waals surface area contributed by atoms with Crippen molar-refractivity contribution >= 4 is 28.1 Å². The smallest absolute Gasteiger partial charge is 0.251 e. The zero-order chi connectivity index (χ0) is 16.0. The Morgan fingerprint density at radius 1 is 1.22 bits per heavy atom. The standard InChI is InChI=1S/C16H15N5O2/c1-17-14-11-13(21(2)8-18-11)12-16(20-14)23-15(19-12)9-5-4-6-10(7-9)22-3/h4-8H,1-3H3,(H,17,20). The molecule has 0 aliphatic rings. The molecule has 0 amide bonds.